The summed E-state index contributed by atoms with van der Waals surface area (Å²) in [4.78, 5) is 30.1. The van der Waals surface area contributed by atoms with Crippen molar-refractivity contribution >= 4 is 35.0 Å². The fourth-order valence-corrected chi connectivity index (χ4v) is 3.77. The lowest BCUT2D eigenvalue weighted by molar-refractivity contribution is 0.0594. The van der Waals surface area contributed by atoms with E-state index in [1.807, 2.05) is 24.3 Å². The third kappa shape index (κ3) is 4.88. The highest BCUT2D eigenvalue weighted by molar-refractivity contribution is 6.34. The second-order valence-corrected chi connectivity index (χ2v) is 7.84. The van der Waals surface area contributed by atoms with Crippen LogP contribution in [0.2, 0.25) is 5.02 Å². The van der Waals surface area contributed by atoms with Gasteiger partial charge in [-0.3, -0.25) is 0 Å². The Kier molecular flexibility index (Phi) is 7.12. The fraction of sp³-hybridized carbons (Fsp3) is 0.154. The molecule has 2 aromatic carbocycles. The molecule has 35 heavy (non-hydrogen) atoms. The van der Waals surface area contributed by atoms with E-state index in [4.69, 9.17) is 20.9 Å². The number of amides is 1. The topological polar surface area (TPSA) is 94.8 Å². The van der Waals surface area contributed by atoms with Gasteiger partial charge in [0.2, 0.25) is 0 Å². The van der Waals surface area contributed by atoms with E-state index in [2.05, 4.69) is 14.9 Å². The Morgan fingerprint density at radius 1 is 1.00 bits per heavy atom. The summed E-state index contributed by atoms with van der Waals surface area (Å²) in [6.07, 6.45) is 1.01. The van der Waals surface area contributed by atoms with Crippen LogP contribution in [0.4, 0.5) is 16.2 Å². The summed E-state index contributed by atoms with van der Waals surface area (Å²) >= 11 is 6.42. The molecular formula is C26H22ClN3O5. The first-order chi connectivity index (χ1) is 16.9. The van der Waals surface area contributed by atoms with Crippen LogP contribution in [-0.4, -0.2) is 35.9 Å². The van der Waals surface area contributed by atoms with E-state index < -0.39 is 12.1 Å². The van der Waals surface area contributed by atoms with E-state index in [1.165, 1.54) is 12.0 Å². The maximum atomic E-state index is 13.0. The summed E-state index contributed by atoms with van der Waals surface area (Å²) in [5.41, 5.74) is 4.02. The molecule has 4 rings (SSSR count). The highest BCUT2D eigenvalue weighted by Gasteiger charge is 2.30. The molecular weight excluding hydrogens is 470 g/mol. The van der Waals surface area contributed by atoms with Gasteiger partial charge in [-0.1, -0.05) is 59.2 Å². The number of aryl methyl sites for hydroxylation is 1. The summed E-state index contributed by atoms with van der Waals surface area (Å²) < 4.78 is 15.6. The van der Waals surface area contributed by atoms with Gasteiger partial charge < -0.3 is 14.0 Å². The van der Waals surface area contributed by atoms with Crippen LogP contribution < -0.4 is 4.90 Å². The smallest absolute Gasteiger partial charge is 0.419 e. The maximum Gasteiger partial charge on any atom is 0.419 e. The maximum absolute atomic E-state index is 13.0. The van der Waals surface area contributed by atoms with E-state index in [0.29, 0.717) is 33.4 Å². The first-order valence-electron chi connectivity index (χ1n) is 10.8. The molecule has 8 nitrogen and oxygen atoms in total. The lowest BCUT2D eigenvalue weighted by Gasteiger charge is -2.23. The van der Waals surface area contributed by atoms with E-state index in [1.54, 1.807) is 56.4 Å². The number of halogens is 1. The molecule has 0 atom stereocenters. The Labute approximate surface area is 207 Å². The molecule has 0 fully saturated rings. The number of carbonyl (C=O) groups is 2. The fourth-order valence-electron chi connectivity index (χ4n) is 3.55. The van der Waals surface area contributed by atoms with Gasteiger partial charge in [-0.15, -0.1) is 0 Å². The number of esters is 1. The number of benzene rings is 2. The summed E-state index contributed by atoms with van der Waals surface area (Å²) in [5.74, 6) is -0.106. The van der Waals surface area contributed by atoms with Crippen LogP contribution in [0.5, 0.6) is 0 Å². The molecule has 0 saturated carbocycles. The van der Waals surface area contributed by atoms with Crippen LogP contribution in [0, 0.1) is 6.92 Å². The molecule has 0 bridgehead atoms. The Morgan fingerprint density at radius 2 is 1.69 bits per heavy atom. The lowest BCUT2D eigenvalue weighted by Crippen LogP contribution is -2.27. The van der Waals surface area contributed by atoms with Crippen molar-refractivity contribution in [2.75, 3.05) is 18.6 Å². The van der Waals surface area contributed by atoms with Gasteiger partial charge in [0.1, 0.15) is 17.1 Å². The van der Waals surface area contributed by atoms with Gasteiger partial charge >= 0.3 is 12.1 Å². The number of pyridine rings is 1. The van der Waals surface area contributed by atoms with Crippen LogP contribution in [0.1, 0.15) is 23.1 Å². The number of anilines is 2. The van der Waals surface area contributed by atoms with Crippen molar-refractivity contribution in [3.05, 3.63) is 83.3 Å². The van der Waals surface area contributed by atoms with E-state index in [-0.39, 0.29) is 12.3 Å². The second-order valence-electron chi connectivity index (χ2n) is 7.43. The molecule has 0 N–H and O–H groups in total. The van der Waals surface area contributed by atoms with Gasteiger partial charge in [0.25, 0.3) is 0 Å². The molecule has 2 heterocycles. The predicted octanol–water partition coefficient (Wildman–Crippen LogP) is 6.45. The van der Waals surface area contributed by atoms with Crippen LogP contribution in [0.25, 0.3) is 22.5 Å². The molecule has 2 aromatic heterocycles. The van der Waals surface area contributed by atoms with Crippen LogP contribution in [0.3, 0.4) is 0 Å². The zero-order chi connectivity index (χ0) is 24.9. The molecule has 0 aliphatic rings. The van der Waals surface area contributed by atoms with Crippen molar-refractivity contribution in [2.24, 2.45) is 0 Å². The summed E-state index contributed by atoms with van der Waals surface area (Å²) in [7, 11) is 1.31. The van der Waals surface area contributed by atoms with Gasteiger partial charge in [-0.2, -0.15) is 0 Å². The van der Waals surface area contributed by atoms with Gasteiger partial charge in [0, 0.05) is 17.3 Å². The predicted molar refractivity (Wildman–Crippen MR) is 132 cm³/mol. The average Bonchev–Trinajstić information content (AvgIpc) is 3.26. The Morgan fingerprint density at radius 3 is 2.31 bits per heavy atom. The third-order valence-electron chi connectivity index (χ3n) is 5.24. The van der Waals surface area contributed by atoms with Gasteiger partial charge in [-0.25, -0.2) is 19.5 Å². The van der Waals surface area contributed by atoms with Crippen molar-refractivity contribution in [3.8, 4) is 22.5 Å². The SMILES string of the molecule is CCOC(=O)N(c1ccccc1Cl)c1c(C)noc1-c1ccc(-c2ccc(C(=O)OC)nc2)cc1. The highest BCUT2D eigenvalue weighted by atomic mass is 35.5. The van der Waals surface area contributed by atoms with Gasteiger partial charge in [-0.05, 0) is 37.6 Å². The summed E-state index contributed by atoms with van der Waals surface area (Å²) in [5, 5.41) is 4.49. The number of aromatic nitrogens is 2. The third-order valence-corrected chi connectivity index (χ3v) is 5.56. The number of carbonyl (C=O) groups excluding carboxylic acids is 2. The molecule has 0 unspecified atom stereocenters. The molecule has 4 aromatic rings. The molecule has 0 saturated heterocycles. The minimum absolute atomic E-state index is 0.191. The van der Waals surface area contributed by atoms with Gasteiger partial charge in [0.05, 0.1) is 24.4 Å². The molecule has 178 valence electrons. The minimum atomic E-state index is -0.596. The monoisotopic (exact) mass is 491 g/mol. The Balaban J connectivity index is 1.72. The first-order valence-corrected chi connectivity index (χ1v) is 11.1. The zero-order valence-corrected chi connectivity index (χ0v) is 20.1. The van der Waals surface area contributed by atoms with E-state index >= 15 is 0 Å². The quantitative estimate of drug-likeness (QED) is 0.286. The molecule has 1 amide bonds. The normalized spacial score (nSPS) is 10.6. The average molecular weight is 492 g/mol. The van der Waals surface area contributed by atoms with Crippen molar-refractivity contribution in [1.29, 1.82) is 0 Å². The number of hydrogen-bond donors (Lipinski definition) is 0. The number of hydrogen-bond acceptors (Lipinski definition) is 7. The Hall–Kier alpha value is -4.17. The van der Waals surface area contributed by atoms with Crippen molar-refractivity contribution in [2.45, 2.75) is 13.8 Å². The number of rotatable bonds is 6. The molecule has 0 radical (unpaired) electrons. The number of methoxy groups -OCH3 is 1. The van der Waals surface area contributed by atoms with Crippen molar-refractivity contribution in [1.82, 2.24) is 10.1 Å². The summed E-state index contributed by atoms with van der Waals surface area (Å²) in [6, 6.07) is 17.8. The lowest BCUT2D eigenvalue weighted by atomic mass is 10.0. The largest absolute Gasteiger partial charge is 0.464 e. The minimum Gasteiger partial charge on any atom is -0.464 e. The highest BCUT2D eigenvalue weighted by Crippen LogP contribution is 2.41. The first kappa shape index (κ1) is 24.0. The standard InChI is InChI=1S/C26H22ClN3O5/c1-4-34-26(32)30(22-8-6-5-7-20(22)27)23-16(2)29-35-24(23)18-11-9-17(10-12-18)19-13-14-21(28-15-19)25(31)33-3/h5-15H,4H2,1-3H3. The van der Waals surface area contributed by atoms with E-state index in [0.717, 1.165) is 11.1 Å². The molecule has 0 aliphatic carbocycles. The second kappa shape index (κ2) is 10.4. The van der Waals surface area contributed by atoms with Crippen LogP contribution in [-0.2, 0) is 9.47 Å². The number of nitrogens with zero attached hydrogens (tertiary/aromatic N) is 3. The Bertz CT molecular complexity index is 1350. The summed E-state index contributed by atoms with van der Waals surface area (Å²) in [6.45, 7) is 3.67. The molecule has 0 aliphatic heterocycles. The number of para-hydroxylation sites is 1. The van der Waals surface area contributed by atoms with Gasteiger partial charge in [0.15, 0.2) is 5.76 Å². The van der Waals surface area contributed by atoms with Crippen LogP contribution in [0.15, 0.2) is 71.4 Å². The molecule has 9 heteroatoms. The zero-order valence-electron chi connectivity index (χ0n) is 19.3. The number of ether oxygens (including phenoxy) is 2. The van der Waals surface area contributed by atoms with Crippen molar-refractivity contribution in [3.63, 3.8) is 0 Å². The van der Waals surface area contributed by atoms with E-state index in [9.17, 15) is 9.59 Å². The van der Waals surface area contributed by atoms with Crippen molar-refractivity contribution < 1.29 is 23.6 Å². The molecule has 0 spiro atoms. The van der Waals surface area contributed by atoms with Crippen LogP contribution >= 0.6 is 11.6 Å².